The number of benzene rings is 2. The molecule has 0 saturated carbocycles. The number of hydrogen-bond acceptors (Lipinski definition) is 5. The molecule has 1 fully saturated rings. The third kappa shape index (κ3) is 6.61. The van der Waals surface area contributed by atoms with Crippen LogP contribution in [0.4, 0.5) is 24.5 Å². The number of alkyl halides is 3. The molecule has 10 heteroatoms. The van der Waals surface area contributed by atoms with E-state index in [1.54, 1.807) is 18.2 Å². The Morgan fingerprint density at radius 3 is 2.12 bits per heavy atom. The SMILES string of the molecule is COc1ccc(NC(=O)CN2CCC(C(=O)Nc3ccc(C(F)(F)F)cc3)CC2)cc1OC. The highest BCUT2D eigenvalue weighted by Crippen LogP contribution is 2.31. The van der Waals surface area contributed by atoms with Crippen molar-refractivity contribution >= 4 is 23.2 Å². The van der Waals surface area contributed by atoms with Gasteiger partial charge in [0.05, 0.1) is 26.3 Å². The summed E-state index contributed by atoms with van der Waals surface area (Å²) < 4.78 is 48.4. The molecule has 2 aromatic carbocycles. The molecule has 1 aliphatic rings. The average Bonchev–Trinajstić information content (AvgIpc) is 2.79. The number of amides is 2. The molecule has 2 N–H and O–H groups in total. The lowest BCUT2D eigenvalue weighted by atomic mass is 9.95. The van der Waals surface area contributed by atoms with Crippen LogP contribution in [0, 0.1) is 5.92 Å². The largest absolute Gasteiger partial charge is 0.493 e. The predicted molar refractivity (Wildman–Crippen MR) is 117 cm³/mol. The summed E-state index contributed by atoms with van der Waals surface area (Å²) in [4.78, 5) is 26.8. The van der Waals surface area contributed by atoms with Gasteiger partial charge in [0, 0.05) is 23.4 Å². The quantitative estimate of drug-likeness (QED) is 0.646. The van der Waals surface area contributed by atoms with Gasteiger partial charge in [-0.3, -0.25) is 14.5 Å². The first-order chi connectivity index (χ1) is 15.7. The average molecular weight is 465 g/mol. The van der Waals surface area contributed by atoms with Gasteiger partial charge < -0.3 is 20.1 Å². The van der Waals surface area contributed by atoms with E-state index in [9.17, 15) is 22.8 Å². The zero-order valence-electron chi connectivity index (χ0n) is 18.4. The maximum atomic E-state index is 12.7. The fraction of sp³-hybridized carbons (Fsp3) is 0.391. The molecule has 0 unspecified atom stereocenters. The molecule has 1 aliphatic heterocycles. The van der Waals surface area contributed by atoms with Crippen molar-refractivity contribution in [1.29, 1.82) is 0 Å². The maximum Gasteiger partial charge on any atom is 0.416 e. The summed E-state index contributed by atoms with van der Waals surface area (Å²) in [6, 6.07) is 9.47. The van der Waals surface area contributed by atoms with Crippen LogP contribution in [0.2, 0.25) is 0 Å². The van der Waals surface area contributed by atoms with Crippen LogP contribution in [0.5, 0.6) is 11.5 Å². The Labute approximate surface area is 189 Å². The van der Waals surface area contributed by atoms with Crippen LogP contribution in [-0.4, -0.2) is 50.6 Å². The number of halogens is 3. The van der Waals surface area contributed by atoms with Crippen LogP contribution in [0.1, 0.15) is 18.4 Å². The van der Waals surface area contributed by atoms with E-state index >= 15 is 0 Å². The van der Waals surface area contributed by atoms with Gasteiger partial charge in [0.15, 0.2) is 11.5 Å². The highest BCUT2D eigenvalue weighted by molar-refractivity contribution is 5.93. The number of carbonyl (C=O) groups is 2. The molecule has 33 heavy (non-hydrogen) atoms. The number of nitrogens with one attached hydrogen (secondary N) is 2. The third-order valence-electron chi connectivity index (χ3n) is 5.47. The first-order valence-electron chi connectivity index (χ1n) is 10.4. The molecule has 2 amide bonds. The normalized spacial score (nSPS) is 15.1. The van der Waals surface area contributed by atoms with Gasteiger partial charge in [-0.05, 0) is 62.3 Å². The van der Waals surface area contributed by atoms with Gasteiger partial charge >= 0.3 is 6.18 Å². The van der Waals surface area contributed by atoms with Crippen LogP contribution >= 0.6 is 0 Å². The molecule has 7 nitrogen and oxygen atoms in total. The van der Waals surface area contributed by atoms with E-state index in [4.69, 9.17) is 9.47 Å². The molecule has 1 heterocycles. The molecule has 0 bridgehead atoms. The summed E-state index contributed by atoms with van der Waals surface area (Å²) in [5.74, 6) is 0.388. The van der Waals surface area contributed by atoms with E-state index in [0.717, 1.165) is 12.1 Å². The number of carbonyl (C=O) groups excluding carboxylic acids is 2. The van der Waals surface area contributed by atoms with Crippen molar-refractivity contribution in [3.8, 4) is 11.5 Å². The fourth-order valence-corrected chi connectivity index (χ4v) is 3.66. The summed E-state index contributed by atoms with van der Waals surface area (Å²) in [6.45, 7) is 1.30. The van der Waals surface area contributed by atoms with E-state index in [0.29, 0.717) is 48.8 Å². The minimum atomic E-state index is -4.42. The van der Waals surface area contributed by atoms with E-state index in [1.807, 2.05) is 4.90 Å². The Kier molecular flexibility index (Phi) is 7.80. The second-order valence-corrected chi connectivity index (χ2v) is 7.73. The monoisotopic (exact) mass is 465 g/mol. The van der Waals surface area contributed by atoms with Gasteiger partial charge in [-0.2, -0.15) is 13.2 Å². The predicted octanol–water partition coefficient (Wildman–Crippen LogP) is 4.01. The van der Waals surface area contributed by atoms with Crippen molar-refractivity contribution in [3.63, 3.8) is 0 Å². The van der Waals surface area contributed by atoms with E-state index in [-0.39, 0.29) is 24.3 Å². The zero-order chi connectivity index (χ0) is 24.0. The second-order valence-electron chi connectivity index (χ2n) is 7.73. The summed E-state index contributed by atoms with van der Waals surface area (Å²) >= 11 is 0. The van der Waals surface area contributed by atoms with Crippen molar-refractivity contribution in [3.05, 3.63) is 48.0 Å². The minimum absolute atomic E-state index is 0.182. The maximum absolute atomic E-state index is 12.7. The second kappa shape index (κ2) is 10.6. The number of ether oxygens (including phenoxy) is 2. The number of methoxy groups -OCH3 is 2. The Hall–Kier alpha value is -3.27. The van der Waals surface area contributed by atoms with E-state index < -0.39 is 11.7 Å². The lowest BCUT2D eigenvalue weighted by molar-refractivity contribution is -0.137. The molecule has 0 aromatic heterocycles. The standard InChI is InChI=1S/C23H26F3N3O4/c1-32-19-8-7-18(13-20(19)33-2)27-21(30)14-29-11-9-15(10-12-29)22(31)28-17-5-3-16(4-6-17)23(24,25)26/h3-8,13,15H,9-12,14H2,1-2H3,(H,27,30)(H,28,31). The van der Waals surface area contributed by atoms with Crippen LogP contribution in [-0.2, 0) is 15.8 Å². The molecule has 178 valence electrons. The van der Waals surface area contributed by atoms with Gasteiger partial charge in [0.1, 0.15) is 0 Å². The van der Waals surface area contributed by atoms with Gasteiger partial charge in [0.2, 0.25) is 11.8 Å². The van der Waals surface area contributed by atoms with Crippen molar-refractivity contribution in [2.45, 2.75) is 19.0 Å². The molecule has 0 spiro atoms. The molecule has 1 saturated heterocycles. The lowest BCUT2D eigenvalue weighted by Crippen LogP contribution is -2.41. The summed E-state index contributed by atoms with van der Waals surface area (Å²) in [7, 11) is 3.05. The molecular weight excluding hydrogens is 439 g/mol. The highest BCUT2D eigenvalue weighted by atomic mass is 19.4. The van der Waals surface area contributed by atoms with Gasteiger partial charge in [-0.15, -0.1) is 0 Å². The first-order valence-corrected chi connectivity index (χ1v) is 10.4. The zero-order valence-corrected chi connectivity index (χ0v) is 18.4. The van der Waals surface area contributed by atoms with Crippen LogP contribution in [0.3, 0.4) is 0 Å². The fourth-order valence-electron chi connectivity index (χ4n) is 3.66. The number of anilines is 2. The van der Waals surface area contributed by atoms with Crippen LogP contribution in [0.25, 0.3) is 0 Å². The van der Waals surface area contributed by atoms with Gasteiger partial charge in [0.25, 0.3) is 0 Å². The number of rotatable bonds is 7. The molecule has 2 aromatic rings. The summed E-state index contributed by atoms with van der Waals surface area (Å²) in [5.41, 5.74) is 0.147. The van der Waals surface area contributed by atoms with E-state index in [1.165, 1.54) is 26.4 Å². The number of piperidine rings is 1. The third-order valence-corrected chi connectivity index (χ3v) is 5.47. The number of likely N-dealkylation sites (tertiary alicyclic amines) is 1. The van der Waals surface area contributed by atoms with Crippen molar-refractivity contribution < 1.29 is 32.2 Å². The van der Waals surface area contributed by atoms with Crippen molar-refractivity contribution in [2.24, 2.45) is 5.92 Å². The Morgan fingerprint density at radius 2 is 1.55 bits per heavy atom. The van der Waals surface area contributed by atoms with Gasteiger partial charge in [-0.25, -0.2) is 0 Å². The number of nitrogens with zero attached hydrogens (tertiary/aromatic N) is 1. The molecule has 0 aliphatic carbocycles. The van der Waals surface area contributed by atoms with Crippen LogP contribution < -0.4 is 20.1 Å². The summed E-state index contributed by atoms with van der Waals surface area (Å²) in [6.07, 6.45) is -3.31. The lowest BCUT2D eigenvalue weighted by Gasteiger charge is -2.30. The molecule has 0 atom stereocenters. The molecule has 0 radical (unpaired) electrons. The highest BCUT2D eigenvalue weighted by Gasteiger charge is 2.30. The Bertz CT molecular complexity index is 972. The summed E-state index contributed by atoms with van der Waals surface area (Å²) in [5, 5.41) is 5.49. The Balaban J connectivity index is 1.45. The molecule has 3 rings (SSSR count). The Morgan fingerprint density at radius 1 is 0.939 bits per heavy atom. The van der Waals surface area contributed by atoms with Crippen molar-refractivity contribution in [2.75, 3.05) is 44.5 Å². The minimum Gasteiger partial charge on any atom is -0.493 e. The first kappa shape index (κ1) is 24.4. The van der Waals surface area contributed by atoms with Crippen molar-refractivity contribution in [1.82, 2.24) is 4.90 Å². The topological polar surface area (TPSA) is 79.9 Å². The van der Waals surface area contributed by atoms with E-state index in [2.05, 4.69) is 10.6 Å². The smallest absolute Gasteiger partial charge is 0.416 e. The van der Waals surface area contributed by atoms with Gasteiger partial charge in [-0.1, -0.05) is 0 Å². The van der Waals surface area contributed by atoms with Crippen LogP contribution in [0.15, 0.2) is 42.5 Å². The number of hydrogen-bond donors (Lipinski definition) is 2. The molecular formula is C23H26F3N3O4.